The SMILES string of the molecule is O=C1N[C@@]2(Oc3ccccc3[C@H]3CC(c4ccccc4)=NN32)S/C1=C\c1ccc([N+](=O)[O-])cc1. The Kier molecular flexibility index (Phi) is 4.66. The van der Waals surface area contributed by atoms with Crippen LogP contribution in [0.1, 0.15) is 29.2 Å². The number of nitro groups is 1. The number of non-ortho nitro benzene ring substituents is 1. The van der Waals surface area contributed by atoms with Crippen molar-refractivity contribution in [3.8, 4) is 5.75 Å². The van der Waals surface area contributed by atoms with Crippen LogP contribution in [-0.2, 0) is 4.79 Å². The number of hydrogen-bond donors (Lipinski definition) is 1. The maximum Gasteiger partial charge on any atom is 0.336 e. The second-order valence-corrected chi connectivity index (χ2v) is 9.31. The number of nitro benzene ring substituents is 1. The van der Waals surface area contributed by atoms with Crippen molar-refractivity contribution in [2.75, 3.05) is 0 Å². The van der Waals surface area contributed by atoms with Gasteiger partial charge in [-0.05, 0) is 47.2 Å². The molecule has 9 heteroatoms. The number of ether oxygens (including phenoxy) is 1. The molecule has 1 spiro atoms. The van der Waals surface area contributed by atoms with Gasteiger partial charge in [0.25, 0.3) is 11.6 Å². The number of carbonyl (C=O) groups is 1. The molecular formula is C25H18N4O4S. The number of hydrazone groups is 1. The molecule has 0 bridgehead atoms. The summed E-state index contributed by atoms with van der Waals surface area (Å²) in [4.78, 5) is 23.9. The molecule has 0 aromatic heterocycles. The summed E-state index contributed by atoms with van der Waals surface area (Å²) in [5.41, 5.74) is 3.65. The van der Waals surface area contributed by atoms with Crippen LogP contribution in [-0.4, -0.2) is 26.7 Å². The number of thioether (sulfide) groups is 1. The number of nitrogens with zero attached hydrogens (tertiary/aromatic N) is 3. The lowest BCUT2D eigenvalue weighted by Crippen LogP contribution is -2.58. The first-order valence-electron chi connectivity index (χ1n) is 10.7. The summed E-state index contributed by atoms with van der Waals surface area (Å²) in [6.07, 6.45) is 2.39. The molecule has 8 nitrogen and oxygen atoms in total. The molecule has 3 aromatic carbocycles. The maximum atomic E-state index is 13.0. The van der Waals surface area contributed by atoms with Gasteiger partial charge in [0.05, 0.1) is 21.6 Å². The zero-order valence-corrected chi connectivity index (χ0v) is 18.6. The number of rotatable bonds is 3. The highest BCUT2D eigenvalue weighted by molar-refractivity contribution is 8.05. The van der Waals surface area contributed by atoms with E-state index in [1.807, 2.05) is 59.6 Å². The van der Waals surface area contributed by atoms with E-state index in [0.29, 0.717) is 22.6 Å². The fourth-order valence-electron chi connectivity index (χ4n) is 4.39. The van der Waals surface area contributed by atoms with Crippen molar-refractivity contribution >= 4 is 35.1 Å². The number of para-hydroxylation sites is 1. The highest BCUT2D eigenvalue weighted by atomic mass is 32.2. The van der Waals surface area contributed by atoms with Gasteiger partial charge in [0, 0.05) is 24.1 Å². The zero-order valence-electron chi connectivity index (χ0n) is 17.8. The van der Waals surface area contributed by atoms with E-state index in [1.165, 1.54) is 23.9 Å². The summed E-state index contributed by atoms with van der Waals surface area (Å²) in [5, 5.41) is 19.5. The van der Waals surface area contributed by atoms with Crippen LogP contribution < -0.4 is 10.1 Å². The van der Waals surface area contributed by atoms with Crippen molar-refractivity contribution in [2.45, 2.75) is 17.6 Å². The summed E-state index contributed by atoms with van der Waals surface area (Å²) >= 11 is 1.25. The number of carbonyl (C=O) groups excluding carboxylic acids is 1. The van der Waals surface area contributed by atoms with Crippen molar-refractivity contribution in [2.24, 2.45) is 5.10 Å². The summed E-state index contributed by atoms with van der Waals surface area (Å²) in [6.45, 7) is 0. The Morgan fingerprint density at radius 3 is 2.59 bits per heavy atom. The minimum absolute atomic E-state index is 0.00273. The quantitative estimate of drug-likeness (QED) is 0.340. The average molecular weight is 471 g/mol. The molecular weight excluding hydrogens is 452 g/mol. The molecule has 3 aliphatic rings. The molecule has 0 radical (unpaired) electrons. The van der Waals surface area contributed by atoms with E-state index in [2.05, 4.69) is 5.32 Å². The molecule has 2 atom stereocenters. The van der Waals surface area contributed by atoms with Crippen LogP contribution in [0.3, 0.4) is 0 Å². The molecule has 6 rings (SSSR count). The molecule has 0 unspecified atom stereocenters. The van der Waals surface area contributed by atoms with Crippen molar-refractivity contribution in [1.82, 2.24) is 10.3 Å². The normalized spacial score (nSPS) is 23.8. The summed E-state index contributed by atoms with van der Waals surface area (Å²) in [5.74, 6) is 0.419. The van der Waals surface area contributed by atoms with E-state index in [9.17, 15) is 14.9 Å². The molecule has 0 saturated carbocycles. The molecule has 3 aliphatic heterocycles. The molecule has 1 saturated heterocycles. The topological polar surface area (TPSA) is 97.1 Å². The van der Waals surface area contributed by atoms with Gasteiger partial charge in [-0.25, -0.2) is 5.01 Å². The standard InChI is InChI=1S/C25H18N4O4S/c30-24-23(14-16-10-12-18(13-11-16)29(31)32)34-25(26-24)28-21(19-8-4-5-9-22(19)33-25)15-20(27-28)17-6-2-1-3-7-17/h1-14,21H,15H2,(H,26,30)/b23-14-/t21-,25-/m1/s1. The second-order valence-electron chi connectivity index (χ2n) is 8.11. The Morgan fingerprint density at radius 2 is 1.82 bits per heavy atom. The van der Waals surface area contributed by atoms with Gasteiger partial charge in [-0.2, -0.15) is 5.10 Å². The summed E-state index contributed by atoms with van der Waals surface area (Å²) < 4.78 is 6.39. The van der Waals surface area contributed by atoms with Gasteiger partial charge < -0.3 is 4.74 Å². The Balaban J connectivity index is 1.39. The van der Waals surface area contributed by atoms with E-state index in [-0.39, 0.29) is 17.6 Å². The fraction of sp³-hybridized carbons (Fsp3) is 0.120. The summed E-state index contributed by atoms with van der Waals surface area (Å²) in [7, 11) is 0. The predicted molar refractivity (Wildman–Crippen MR) is 129 cm³/mol. The Morgan fingerprint density at radius 1 is 1.09 bits per heavy atom. The largest absolute Gasteiger partial charge is 0.439 e. The van der Waals surface area contributed by atoms with Crippen molar-refractivity contribution < 1.29 is 14.5 Å². The Bertz CT molecular complexity index is 1370. The van der Waals surface area contributed by atoms with Crippen LogP contribution in [0.15, 0.2) is 88.9 Å². The third-order valence-corrected chi connectivity index (χ3v) is 7.16. The molecule has 0 aliphatic carbocycles. The van der Waals surface area contributed by atoms with Gasteiger partial charge >= 0.3 is 5.18 Å². The lowest BCUT2D eigenvalue weighted by Gasteiger charge is -2.43. The van der Waals surface area contributed by atoms with Crippen molar-refractivity contribution in [1.29, 1.82) is 0 Å². The first-order valence-corrected chi connectivity index (χ1v) is 11.5. The molecule has 168 valence electrons. The number of nitrogens with one attached hydrogen (secondary N) is 1. The monoisotopic (exact) mass is 470 g/mol. The molecule has 1 N–H and O–H groups in total. The highest BCUT2D eigenvalue weighted by Gasteiger charge is 2.57. The molecule has 1 fully saturated rings. The maximum absolute atomic E-state index is 13.0. The minimum Gasteiger partial charge on any atom is -0.439 e. The van der Waals surface area contributed by atoms with Gasteiger partial charge in [0.1, 0.15) is 5.75 Å². The average Bonchev–Trinajstić information content (AvgIpc) is 3.43. The van der Waals surface area contributed by atoms with Crippen LogP contribution in [0.25, 0.3) is 6.08 Å². The van der Waals surface area contributed by atoms with E-state index in [4.69, 9.17) is 9.84 Å². The Hall–Kier alpha value is -4.11. The van der Waals surface area contributed by atoms with E-state index < -0.39 is 10.1 Å². The van der Waals surface area contributed by atoms with Crippen LogP contribution >= 0.6 is 11.8 Å². The summed E-state index contributed by atoms with van der Waals surface area (Å²) in [6, 6.07) is 23.8. The van der Waals surface area contributed by atoms with Gasteiger partial charge in [-0.3, -0.25) is 20.2 Å². The smallest absolute Gasteiger partial charge is 0.336 e. The lowest BCUT2D eigenvalue weighted by molar-refractivity contribution is -0.384. The number of fused-ring (bicyclic) bond motifs is 4. The van der Waals surface area contributed by atoms with Crippen LogP contribution in [0.5, 0.6) is 5.75 Å². The first kappa shape index (κ1) is 20.5. The van der Waals surface area contributed by atoms with E-state index in [0.717, 1.165) is 16.8 Å². The van der Waals surface area contributed by atoms with Gasteiger partial charge in [0.15, 0.2) is 0 Å². The van der Waals surface area contributed by atoms with Crippen LogP contribution in [0, 0.1) is 10.1 Å². The lowest BCUT2D eigenvalue weighted by atomic mass is 9.97. The molecule has 34 heavy (non-hydrogen) atoms. The molecule has 3 aromatic rings. The third kappa shape index (κ3) is 3.32. The van der Waals surface area contributed by atoms with E-state index in [1.54, 1.807) is 18.2 Å². The second kappa shape index (κ2) is 7.74. The van der Waals surface area contributed by atoms with Gasteiger partial charge in [0.2, 0.25) is 0 Å². The third-order valence-electron chi connectivity index (χ3n) is 5.99. The number of amides is 1. The van der Waals surface area contributed by atoms with Crippen LogP contribution in [0.2, 0.25) is 0 Å². The fourth-order valence-corrected chi connectivity index (χ4v) is 5.56. The van der Waals surface area contributed by atoms with Crippen molar-refractivity contribution in [3.05, 3.63) is 111 Å². The number of hydrogen-bond acceptors (Lipinski definition) is 7. The van der Waals surface area contributed by atoms with E-state index >= 15 is 0 Å². The molecule has 3 heterocycles. The number of benzene rings is 3. The molecule has 1 amide bonds. The van der Waals surface area contributed by atoms with Crippen LogP contribution in [0.4, 0.5) is 5.69 Å². The van der Waals surface area contributed by atoms with Gasteiger partial charge in [-0.15, -0.1) is 0 Å². The Labute approximate surface area is 199 Å². The van der Waals surface area contributed by atoms with Gasteiger partial charge in [-0.1, -0.05) is 48.5 Å². The first-order chi connectivity index (χ1) is 16.5. The predicted octanol–water partition coefficient (Wildman–Crippen LogP) is 4.65. The highest BCUT2D eigenvalue weighted by Crippen LogP contribution is 2.53. The minimum atomic E-state index is -1.22. The van der Waals surface area contributed by atoms with Crippen molar-refractivity contribution in [3.63, 3.8) is 0 Å². The zero-order chi connectivity index (χ0) is 23.3.